The first kappa shape index (κ1) is 16.4. The highest BCUT2D eigenvalue weighted by Gasteiger charge is 2.33. The maximum atomic E-state index is 12.7. The Morgan fingerprint density at radius 1 is 1.32 bits per heavy atom. The molecule has 0 saturated heterocycles. The smallest absolute Gasteiger partial charge is 0.336 e. The van der Waals surface area contributed by atoms with Gasteiger partial charge in [0.15, 0.2) is 0 Å². The Bertz CT molecular complexity index is 595. The molecular weight excluding hydrogens is 295 g/mol. The Morgan fingerprint density at radius 3 is 2.73 bits per heavy atom. The number of nitrogens with one attached hydrogen (secondary N) is 1. The van der Waals surface area contributed by atoms with Crippen LogP contribution >= 0.6 is 0 Å². The lowest BCUT2D eigenvalue weighted by atomic mass is 10.2. The van der Waals surface area contributed by atoms with Crippen LogP contribution in [0.2, 0.25) is 0 Å². The molecule has 0 aliphatic rings. The summed E-state index contributed by atoms with van der Waals surface area (Å²) in [5.74, 6) is 0.203. The van der Waals surface area contributed by atoms with E-state index in [-0.39, 0.29) is 11.9 Å². The van der Waals surface area contributed by atoms with Gasteiger partial charge in [-0.1, -0.05) is 0 Å². The van der Waals surface area contributed by atoms with Crippen LogP contribution < -0.4 is 5.32 Å². The summed E-state index contributed by atoms with van der Waals surface area (Å²) in [5, 5.41) is 3.24. The van der Waals surface area contributed by atoms with E-state index in [1.807, 2.05) is 17.7 Å². The molecule has 120 valence electrons. The second-order valence-electron chi connectivity index (χ2n) is 5.17. The molecule has 0 aliphatic carbocycles. The highest BCUT2D eigenvalue weighted by atomic mass is 19.4. The van der Waals surface area contributed by atoms with Gasteiger partial charge < -0.3 is 9.88 Å². The molecule has 0 saturated carbocycles. The van der Waals surface area contributed by atoms with Gasteiger partial charge in [-0.2, -0.15) is 13.2 Å². The summed E-state index contributed by atoms with van der Waals surface area (Å²) < 4.78 is 40.0. The van der Waals surface area contributed by atoms with Crippen LogP contribution in [0, 0.1) is 6.92 Å². The van der Waals surface area contributed by atoms with Gasteiger partial charge in [0.2, 0.25) is 0 Å². The number of halogens is 3. The van der Waals surface area contributed by atoms with Crippen molar-refractivity contribution in [2.45, 2.75) is 39.0 Å². The van der Waals surface area contributed by atoms with Crippen molar-refractivity contribution in [2.75, 3.05) is 6.54 Å². The van der Waals surface area contributed by atoms with Crippen molar-refractivity contribution in [2.24, 2.45) is 0 Å². The first-order valence-corrected chi connectivity index (χ1v) is 6.95. The van der Waals surface area contributed by atoms with E-state index in [0.717, 1.165) is 12.6 Å². The van der Waals surface area contributed by atoms with Crippen LogP contribution in [0.3, 0.4) is 0 Å². The first-order valence-electron chi connectivity index (χ1n) is 6.95. The number of aromatic nitrogens is 4. The largest absolute Gasteiger partial charge is 0.433 e. The monoisotopic (exact) mass is 313 g/mol. The molecule has 0 aromatic carbocycles. The first-order chi connectivity index (χ1) is 10.3. The Labute approximate surface area is 126 Å². The minimum Gasteiger partial charge on any atom is -0.336 e. The number of aryl methyl sites for hydroxylation is 1. The maximum absolute atomic E-state index is 12.7. The highest BCUT2D eigenvalue weighted by Crippen LogP contribution is 2.27. The van der Waals surface area contributed by atoms with Gasteiger partial charge in [-0.15, -0.1) is 0 Å². The molecule has 0 unspecified atom stereocenters. The van der Waals surface area contributed by atoms with Crippen LogP contribution in [-0.2, 0) is 19.1 Å². The fraction of sp³-hybridized carbons (Fsp3) is 0.500. The van der Waals surface area contributed by atoms with Crippen LogP contribution in [0.15, 0.2) is 24.8 Å². The quantitative estimate of drug-likeness (QED) is 0.888. The van der Waals surface area contributed by atoms with Gasteiger partial charge in [0.05, 0.1) is 6.33 Å². The summed E-state index contributed by atoms with van der Waals surface area (Å²) >= 11 is 0. The lowest BCUT2D eigenvalue weighted by molar-refractivity contribution is -0.141. The third-order valence-corrected chi connectivity index (χ3v) is 3.08. The molecule has 0 amide bonds. The number of rotatable bonds is 6. The van der Waals surface area contributed by atoms with Crippen LogP contribution in [0.25, 0.3) is 0 Å². The molecule has 0 aliphatic heterocycles. The van der Waals surface area contributed by atoms with E-state index < -0.39 is 11.9 Å². The van der Waals surface area contributed by atoms with Crippen LogP contribution in [0.1, 0.15) is 24.1 Å². The molecule has 2 aromatic heterocycles. The Kier molecular flexibility index (Phi) is 5.12. The zero-order valence-corrected chi connectivity index (χ0v) is 12.4. The predicted molar refractivity (Wildman–Crippen MR) is 75.2 cm³/mol. The van der Waals surface area contributed by atoms with Crippen molar-refractivity contribution in [1.82, 2.24) is 24.8 Å². The van der Waals surface area contributed by atoms with Gasteiger partial charge in [-0.25, -0.2) is 15.0 Å². The fourth-order valence-electron chi connectivity index (χ4n) is 2.09. The summed E-state index contributed by atoms with van der Waals surface area (Å²) in [6, 6.07) is 1.12. The SMILES string of the molecule is Cc1cc(C(F)(F)F)nc(CCN[C@@H](C)Cn2ccnc2)n1. The van der Waals surface area contributed by atoms with E-state index in [0.29, 0.717) is 18.7 Å². The summed E-state index contributed by atoms with van der Waals surface area (Å²) in [4.78, 5) is 11.6. The predicted octanol–water partition coefficient (Wildman–Crippen LogP) is 2.22. The number of nitrogens with zero attached hydrogens (tertiary/aromatic N) is 4. The van der Waals surface area contributed by atoms with E-state index in [9.17, 15) is 13.2 Å². The molecule has 5 nitrogen and oxygen atoms in total. The molecule has 0 radical (unpaired) electrons. The Hall–Kier alpha value is -1.96. The molecule has 2 rings (SSSR count). The van der Waals surface area contributed by atoms with Gasteiger partial charge in [0, 0.05) is 43.6 Å². The number of imidazole rings is 1. The average Bonchev–Trinajstić information content (AvgIpc) is 2.90. The normalized spacial score (nSPS) is 13.3. The van der Waals surface area contributed by atoms with Crippen molar-refractivity contribution in [3.8, 4) is 0 Å². The number of alkyl halides is 3. The minimum atomic E-state index is -4.44. The molecule has 2 aromatic rings. The molecule has 22 heavy (non-hydrogen) atoms. The van der Waals surface area contributed by atoms with Gasteiger partial charge in [0.25, 0.3) is 0 Å². The fourth-order valence-corrected chi connectivity index (χ4v) is 2.09. The molecule has 1 N–H and O–H groups in total. The second kappa shape index (κ2) is 6.87. The molecule has 1 atom stereocenters. The zero-order chi connectivity index (χ0) is 16.2. The highest BCUT2D eigenvalue weighted by molar-refractivity contribution is 5.13. The zero-order valence-electron chi connectivity index (χ0n) is 12.4. The van der Waals surface area contributed by atoms with E-state index in [2.05, 4.69) is 20.3 Å². The second-order valence-corrected chi connectivity index (χ2v) is 5.17. The molecular formula is C14H18F3N5. The standard InChI is InChI=1S/C14H18F3N5/c1-10-7-12(14(15,16)17)21-13(20-10)3-4-19-11(2)8-22-6-5-18-9-22/h5-7,9,11,19H,3-4,8H2,1-2H3/t11-/m0/s1. The van der Waals surface area contributed by atoms with E-state index in [1.54, 1.807) is 12.5 Å². The van der Waals surface area contributed by atoms with Gasteiger partial charge in [0.1, 0.15) is 11.5 Å². The topological polar surface area (TPSA) is 55.6 Å². The molecule has 0 fully saturated rings. The summed E-state index contributed by atoms with van der Waals surface area (Å²) in [7, 11) is 0. The number of hydrogen-bond donors (Lipinski definition) is 1. The van der Waals surface area contributed by atoms with Crippen molar-refractivity contribution < 1.29 is 13.2 Å². The van der Waals surface area contributed by atoms with Crippen LogP contribution in [0.5, 0.6) is 0 Å². The van der Waals surface area contributed by atoms with Crippen molar-refractivity contribution in [1.29, 1.82) is 0 Å². The summed E-state index contributed by atoms with van der Waals surface area (Å²) in [6.45, 7) is 4.78. The van der Waals surface area contributed by atoms with Crippen LogP contribution in [-0.4, -0.2) is 32.1 Å². The van der Waals surface area contributed by atoms with Crippen LogP contribution in [0.4, 0.5) is 13.2 Å². The summed E-state index contributed by atoms with van der Waals surface area (Å²) in [6.07, 6.45) is 1.19. The van der Waals surface area contributed by atoms with Crippen molar-refractivity contribution >= 4 is 0 Å². The Morgan fingerprint density at radius 2 is 2.09 bits per heavy atom. The maximum Gasteiger partial charge on any atom is 0.433 e. The minimum absolute atomic E-state index is 0.168. The summed E-state index contributed by atoms with van der Waals surface area (Å²) in [5.41, 5.74) is -0.565. The van der Waals surface area contributed by atoms with Crippen molar-refractivity contribution in [3.63, 3.8) is 0 Å². The third kappa shape index (κ3) is 4.80. The molecule has 0 bridgehead atoms. The third-order valence-electron chi connectivity index (χ3n) is 3.08. The lowest BCUT2D eigenvalue weighted by Gasteiger charge is -2.14. The van der Waals surface area contributed by atoms with Gasteiger partial charge >= 0.3 is 6.18 Å². The van der Waals surface area contributed by atoms with E-state index in [1.165, 1.54) is 6.92 Å². The van der Waals surface area contributed by atoms with Gasteiger partial charge in [-0.3, -0.25) is 0 Å². The van der Waals surface area contributed by atoms with E-state index >= 15 is 0 Å². The molecule has 8 heteroatoms. The van der Waals surface area contributed by atoms with E-state index in [4.69, 9.17) is 0 Å². The lowest BCUT2D eigenvalue weighted by Crippen LogP contribution is -2.32. The van der Waals surface area contributed by atoms with Crippen molar-refractivity contribution in [3.05, 3.63) is 42.0 Å². The molecule has 2 heterocycles. The van der Waals surface area contributed by atoms with Gasteiger partial charge in [-0.05, 0) is 19.9 Å². The average molecular weight is 313 g/mol. The Balaban J connectivity index is 1.87. The molecule has 0 spiro atoms. The number of hydrogen-bond acceptors (Lipinski definition) is 4.